The van der Waals surface area contributed by atoms with Gasteiger partial charge in [0.2, 0.25) is 5.91 Å². The summed E-state index contributed by atoms with van der Waals surface area (Å²) in [7, 11) is 0. The first-order valence-electron chi connectivity index (χ1n) is 9.69. The molecule has 1 aliphatic carbocycles. The van der Waals surface area contributed by atoms with Crippen LogP contribution in [0.25, 0.3) is 0 Å². The molecule has 27 heavy (non-hydrogen) atoms. The van der Waals surface area contributed by atoms with Crippen LogP contribution in [0.5, 0.6) is 0 Å². The van der Waals surface area contributed by atoms with Gasteiger partial charge in [-0.2, -0.15) is 0 Å². The summed E-state index contributed by atoms with van der Waals surface area (Å²) in [5, 5.41) is 5.14. The number of anilines is 1. The van der Waals surface area contributed by atoms with Crippen molar-refractivity contribution in [1.82, 2.24) is 20.5 Å². The van der Waals surface area contributed by atoms with Crippen LogP contribution in [-0.2, 0) is 16.0 Å². The van der Waals surface area contributed by atoms with Crippen LogP contribution in [0.15, 0.2) is 18.3 Å². The van der Waals surface area contributed by atoms with Gasteiger partial charge in [-0.15, -0.1) is 0 Å². The molecule has 3 fully saturated rings. The van der Waals surface area contributed by atoms with Gasteiger partial charge in [0.15, 0.2) is 0 Å². The molecule has 3 aliphatic heterocycles. The summed E-state index contributed by atoms with van der Waals surface area (Å²) >= 11 is 0. The SMILES string of the molecule is O=C1NC(=O)[C@](CCC(=O)N2CCN3c4ncccc4CC3C2)(C2CC2)N1. The van der Waals surface area contributed by atoms with Crippen molar-refractivity contribution in [3.63, 3.8) is 0 Å². The Balaban J connectivity index is 1.23. The summed E-state index contributed by atoms with van der Waals surface area (Å²) in [6, 6.07) is 3.90. The molecule has 1 aromatic heterocycles. The Bertz CT molecular complexity index is 823. The van der Waals surface area contributed by atoms with E-state index in [4.69, 9.17) is 0 Å². The summed E-state index contributed by atoms with van der Waals surface area (Å²) in [5.41, 5.74) is 0.358. The Morgan fingerprint density at radius 2 is 2.15 bits per heavy atom. The first kappa shape index (κ1) is 16.5. The number of hydrogen-bond donors (Lipinski definition) is 2. The van der Waals surface area contributed by atoms with E-state index in [0.717, 1.165) is 31.6 Å². The molecule has 0 spiro atoms. The molecule has 1 saturated carbocycles. The number of urea groups is 1. The molecule has 142 valence electrons. The number of pyridine rings is 1. The molecule has 5 rings (SSSR count). The Morgan fingerprint density at radius 1 is 1.30 bits per heavy atom. The van der Waals surface area contributed by atoms with E-state index >= 15 is 0 Å². The maximum atomic E-state index is 12.8. The molecule has 1 unspecified atom stereocenters. The third-order valence-corrected chi connectivity index (χ3v) is 6.41. The van der Waals surface area contributed by atoms with Gasteiger partial charge >= 0.3 is 6.03 Å². The predicted octanol–water partition coefficient (Wildman–Crippen LogP) is 0.423. The number of hydrogen-bond acceptors (Lipinski definition) is 5. The smallest absolute Gasteiger partial charge is 0.322 e. The fourth-order valence-corrected chi connectivity index (χ4v) is 4.85. The maximum Gasteiger partial charge on any atom is 0.322 e. The third-order valence-electron chi connectivity index (χ3n) is 6.41. The number of aromatic nitrogens is 1. The van der Waals surface area contributed by atoms with Gasteiger partial charge in [-0.05, 0) is 43.2 Å². The molecule has 2 saturated heterocycles. The molecule has 8 heteroatoms. The highest BCUT2D eigenvalue weighted by molar-refractivity contribution is 6.07. The molecule has 4 amide bonds. The summed E-state index contributed by atoms with van der Waals surface area (Å²) in [6.07, 6.45) is 5.24. The van der Waals surface area contributed by atoms with Gasteiger partial charge in [0.05, 0.1) is 6.04 Å². The molecule has 8 nitrogen and oxygen atoms in total. The average molecular weight is 369 g/mol. The first-order valence-corrected chi connectivity index (χ1v) is 9.69. The Hall–Kier alpha value is -2.64. The highest BCUT2D eigenvalue weighted by Crippen LogP contribution is 2.44. The molecule has 0 aromatic carbocycles. The minimum Gasteiger partial charge on any atom is -0.350 e. The lowest BCUT2D eigenvalue weighted by Gasteiger charge is -2.39. The number of nitrogens with one attached hydrogen (secondary N) is 2. The Labute approximate surface area is 157 Å². The van der Waals surface area contributed by atoms with Crippen molar-refractivity contribution in [1.29, 1.82) is 0 Å². The summed E-state index contributed by atoms with van der Waals surface area (Å²) in [5.74, 6) is 0.995. The highest BCUT2D eigenvalue weighted by atomic mass is 16.2. The molecule has 0 bridgehead atoms. The van der Waals surface area contributed by atoms with E-state index in [1.165, 1.54) is 5.56 Å². The second-order valence-corrected chi connectivity index (χ2v) is 8.03. The zero-order chi connectivity index (χ0) is 18.6. The second kappa shape index (κ2) is 5.94. The van der Waals surface area contributed by atoms with Crippen LogP contribution < -0.4 is 15.5 Å². The number of imide groups is 1. The van der Waals surface area contributed by atoms with Gasteiger partial charge in [-0.25, -0.2) is 9.78 Å². The van der Waals surface area contributed by atoms with Gasteiger partial charge in [0.25, 0.3) is 5.91 Å². The van der Waals surface area contributed by atoms with Crippen LogP contribution in [0.3, 0.4) is 0 Å². The molecule has 4 aliphatic rings. The number of carbonyl (C=O) groups excluding carboxylic acids is 3. The molecule has 4 heterocycles. The molecular weight excluding hydrogens is 346 g/mol. The van der Waals surface area contributed by atoms with Crippen molar-refractivity contribution >= 4 is 23.7 Å². The van der Waals surface area contributed by atoms with Crippen molar-refractivity contribution in [2.24, 2.45) is 5.92 Å². The van der Waals surface area contributed by atoms with Gasteiger partial charge in [-0.3, -0.25) is 14.9 Å². The van der Waals surface area contributed by atoms with E-state index in [1.807, 2.05) is 17.2 Å². The topological polar surface area (TPSA) is 94.6 Å². The molecule has 1 aromatic rings. The number of rotatable bonds is 4. The van der Waals surface area contributed by atoms with Crippen molar-refractivity contribution < 1.29 is 14.4 Å². The lowest BCUT2D eigenvalue weighted by molar-refractivity contribution is -0.133. The van der Waals surface area contributed by atoms with Crippen molar-refractivity contribution in [3.05, 3.63) is 23.9 Å². The van der Waals surface area contributed by atoms with Crippen molar-refractivity contribution in [2.75, 3.05) is 24.5 Å². The van der Waals surface area contributed by atoms with Gasteiger partial charge in [-0.1, -0.05) is 6.07 Å². The van der Waals surface area contributed by atoms with E-state index in [-0.39, 0.29) is 30.2 Å². The van der Waals surface area contributed by atoms with Gasteiger partial charge in [0, 0.05) is 32.3 Å². The Kier molecular flexibility index (Phi) is 3.63. The molecule has 0 radical (unpaired) electrons. The Morgan fingerprint density at radius 3 is 2.89 bits per heavy atom. The quantitative estimate of drug-likeness (QED) is 0.751. The largest absolute Gasteiger partial charge is 0.350 e. The number of carbonyl (C=O) groups is 3. The van der Waals surface area contributed by atoms with Crippen LogP contribution in [0, 0.1) is 5.92 Å². The van der Waals surface area contributed by atoms with Crippen LogP contribution >= 0.6 is 0 Å². The lowest BCUT2D eigenvalue weighted by atomic mass is 9.87. The highest BCUT2D eigenvalue weighted by Gasteiger charge is 2.55. The predicted molar refractivity (Wildman–Crippen MR) is 97.0 cm³/mol. The standard InChI is InChI=1S/C19H23N5O3/c25-15(5-6-19(13-3-4-13)17(26)21-18(27)22-19)23-8-9-24-14(11-23)10-12-2-1-7-20-16(12)24/h1-2,7,13-14H,3-6,8-11H2,(H2,21,22,26,27)/t14?,19-/m0/s1. The van der Waals surface area contributed by atoms with Crippen molar-refractivity contribution in [3.8, 4) is 0 Å². The summed E-state index contributed by atoms with van der Waals surface area (Å²) in [6.45, 7) is 2.13. The summed E-state index contributed by atoms with van der Waals surface area (Å²) in [4.78, 5) is 45.5. The maximum absolute atomic E-state index is 12.8. The zero-order valence-corrected chi connectivity index (χ0v) is 15.1. The number of piperazine rings is 1. The van der Waals surface area contributed by atoms with E-state index in [1.54, 1.807) is 0 Å². The minimum atomic E-state index is -0.887. The van der Waals surface area contributed by atoms with Gasteiger partial charge < -0.3 is 15.1 Å². The monoisotopic (exact) mass is 369 g/mol. The second-order valence-electron chi connectivity index (χ2n) is 8.03. The van der Waals surface area contributed by atoms with E-state index < -0.39 is 11.6 Å². The molecule has 2 atom stereocenters. The third kappa shape index (κ3) is 2.65. The van der Waals surface area contributed by atoms with Crippen LogP contribution in [0.4, 0.5) is 10.6 Å². The van der Waals surface area contributed by atoms with E-state index in [2.05, 4.69) is 26.6 Å². The minimum absolute atomic E-state index is 0.0625. The number of nitrogens with zero attached hydrogens (tertiary/aromatic N) is 3. The van der Waals surface area contributed by atoms with Gasteiger partial charge in [0.1, 0.15) is 11.4 Å². The van der Waals surface area contributed by atoms with E-state index in [9.17, 15) is 14.4 Å². The fourth-order valence-electron chi connectivity index (χ4n) is 4.85. The fraction of sp³-hybridized carbons (Fsp3) is 0.579. The number of fused-ring (bicyclic) bond motifs is 3. The zero-order valence-electron chi connectivity index (χ0n) is 15.1. The van der Waals surface area contributed by atoms with Crippen molar-refractivity contribution in [2.45, 2.75) is 43.7 Å². The molecule has 2 N–H and O–H groups in total. The normalized spacial score (nSPS) is 29.3. The van der Waals surface area contributed by atoms with Crippen LogP contribution in [0.2, 0.25) is 0 Å². The van der Waals surface area contributed by atoms with Crippen LogP contribution in [0.1, 0.15) is 31.2 Å². The lowest BCUT2D eigenvalue weighted by Crippen LogP contribution is -2.54. The summed E-state index contributed by atoms with van der Waals surface area (Å²) < 4.78 is 0. The molecular formula is C19H23N5O3. The van der Waals surface area contributed by atoms with Crippen LogP contribution in [-0.4, -0.2) is 58.9 Å². The van der Waals surface area contributed by atoms with E-state index in [0.29, 0.717) is 19.5 Å². The first-order chi connectivity index (χ1) is 13.1. The average Bonchev–Trinajstić information content (AvgIpc) is 3.39. The number of amides is 4.